The lowest BCUT2D eigenvalue weighted by atomic mass is 10.3. The fraction of sp³-hybridized carbons (Fsp3) is 0.125. The van der Waals surface area contributed by atoms with Gasteiger partial charge in [0.15, 0.2) is 0 Å². The van der Waals surface area contributed by atoms with E-state index < -0.39 is 0 Å². The van der Waals surface area contributed by atoms with Crippen LogP contribution in [0.3, 0.4) is 0 Å². The van der Waals surface area contributed by atoms with Crippen molar-refractivity contribution in [3.63, 3.8) is 0 Å². The van der Waals surface area contributed by atoms with E-state index in [4.69, 9.17) is 11.6 Å². The second kappa shape index (κ2) is 3.14. The summed E-state index contributed by atoms with van der Waals surface area (Å²) in [7, 11) is 0. The van der Waals surface area contributed by atoms with E-state index in [1.165, 1.54) is 6.33 Å². The molecule has 4 nitrogen and oxygen atoms in total. The molecule has 0 saturated carbocycles. The number of hydrogen-bond donors (Lipinski definition) is 0. The minimum atomic E-state index is -0.251. The van der Waals surface area contributed by atoms with Gasteiger partial charge >= 0.3 is 0 Å². The smallest absolute Gasteiger partial charge is 0.280 e. The summed E-state index contributed by atoms with van der Waals surface area (Å²) in [5.41, 5.74) is 0.455. The van der Waals surface area contributed by atoms with Gasteiger partial charge in [-0.15, -0.1) is 11.6 Å². The zero-order valence-corrected chi connectivity index (χ0v) is 7.40. The number of aromatic nitrogens is 3. The lowest BCUT2D eigenvalue weighted by molar-refractivity contribution is 0.870. The maximum absolute atomic E-state index is 11.3. The Labute approximate surface area is 78.8 Å². The predicted molar refractivity (Wildman–Crippen MR) is 49.7 cm³/mol. The predicted octanol–water partition coefficient (Wildman–Crippen LogP) is 0.988. The molecule has 2 aromatic heterocycles. The van der Waals surface area contributed by atoms with Crippen LogP contribution in [0.25, 0.3) is 10.9 Å². The molecule has 0 aliphatic rings. The van der Waals surface area contributed by atoms with Crippen molar-refractivity contribution in [1.82, 2.24) is 14.5 Å². The summed E-state index contributed by atoms with van der Waals surface area (Å²) in [4.78, 5) is 18.8. The quantitative estimate of drug-likeness (QED) is 0.638. The largest absolute Gasteiger partial charge is 0.316 e. The zero-order valence-electron chi connectivity index (χ0n) is 6.64. The third kappa shape index (κ3) is 1.29. The molecule has 0 unspecified atom stereocenters. The van der Waals surface area contributed by atoms with Gasteiger partial charge in [0.2, 0.25) is 0 Å². The van der Waals surface area contributed by atoms with E-state index in [0.717, 1.165) is 0 Å². The van der Waals surface area contributed by atoms with Crippen LogP contribution in [-0.4, -0.2) is 14.5 Å². The van der Waals surface area contributed by atoms with Crippen molar-refractivity contribution in [3.8, 4) is 0 Å². The Hall–Kier alpha value is -1.42. The number of pyridine rings is 1. The molecule has 0 atom stereocenters. The van der Waals surface area contributed by atoms with Crippen LogP contribution in [0.15, 0.2) is 29.6 Å². The Balaban J connectivity index is 2.93. The maximum Gasteiger partial charge on any atom is 0.280 e. The minimum absolute atomic E-state index is 0.251. The van der Waals surface area contributed by atoms with Crippen LogP contribution < -0.4 is 5.56 Å². The summed E-state index contributed by atoms with van der Waals surface area (Å²) in [6.45, 7) is 0. The van der Waals surface area contributed by atoms with Gasteiger partial charge in [0.25, 0.3) is 5.56 Å². The van der Waals surface area contributed by atoms with Gasteiger partial charge < -0.3 is 4.57 Å². The Morgan fingerprint density at radius 1 is 1.54 bits per heavy atom. The Morgan fingerprint density at radius 3 is 3.15 bits per heavy atom. The molecule has 0 N–H and O–H groups in total. The van der Waals surface area contributed by atoms with E-state index in [2.05, 4.69) is 9.97 Å². The van der Waals surface area contributed by atoms with E-state index in [-0.39, 0.29) is 11.6 Å². The van der Waals surface area contributed by atoms with Gasteiger partial charge in [-0.25, -0.2) is 0 Å². The second-order valence-electron chi connectivity index (χ2n) is 2.53. The standard InChI is InChI=1S/C8H6ClN3O/c9-4-12-5-11-8(13)6-1-2-10-3-7(6)12/h1-3,5H,4H2. The molecule has 13 heavy (non-hydrogen) atoms. The molecular weight excluding hydrogens is 190 g/mol. The molecule has 0 radical (unpaired) electrons. The van der Waals surface area contributed by atoms with Gasteiger partial charge in [0.1, 0.15) is 6.33 Å². The molecule has 2 aromatic rings. The summed E-state index contributed by atoms with van der Waals surface area (Å²) < 4.78 is 1.66. The Bertz CT molecular complexity index is 494. The van der Waals surface area contributed by atoms with E-state index in [1.807, 2.05) is 0 Å². The van der Waals surface area contributed by atoms with Crippen molar-refractivity contribution in [2.24, 2.45) is 0 Å². The average molecular weight is 196 g/mol. The van der Waals surface area contributed by atoms with Crippen molar-refractivity contribution in [2.75, 3.05) is 0 Å². The number of fused-ring (bicyclic) bond motifs is 1. The van der Waals surface area contributed by atoms with E-state index in [0.29, 0.717) is 10.9 Å². The van der Waals surface area contributed by atoms with Gasteiger partial charge in [-0.3, -0.25) is 9.78 Å². The first-order valence-corrected chi connectivity index (χ1v) is 4.21. The molecule has 0 aliphatic carbocycles. The fourth-order valence-electron chi connectivity index (χ4n) is 1.14. The van der Waals surface area contributed by atoms with Crippen LogP contribution in [0.4, 0.5) is 0 Å². The van der Waals surface area contributed by atoms with Crippen molar-refractivity contribution in [2.45, 2.75) is 6.00 Å². The number of hydrogen-bond acceptors (Lipinski definition) is 3. The maximum atomic E-state index is 11.3. The zero-order chi connectivity index (χ0) is 9.26. The van der Waals surface area contributed by atoms with Crippen LogP contribution in [0.5, 0.6) is 0 Å². The Kier molecular flexibility index (Phi) is 1.98. The highest BCUT2D eigenvalue weighted by atomic mass is 35.5. The average Bonchev–Trinajstić information content (AvgIpc) is 2.19. The first kappa shape index (κ1) is 8.19. The molecule has 66 valence electrons. The van der Waals surface area contributed by atoms with Crippen LogP contribution in [0, 0.1) is 0 Å². The minimum Gasteiger partial charge on any atom is -0.316 e. The lowest BCUT2D eigenvalue weighted by Crippen LogP contribution is -2.11. The van der Waals surface area contributed by atoms with Crippen molar-refractivity contribution >= 4 is 22.5 Å². The summed E-state index contributed by atoms with van der Waals surface area (Å²) in [5.74, 6) is 0. The second-order valence-corrected chi connectivity index (χ2v) is 2.77. The van der Waals surface area contributed by atoms with Gasteiger partial charge in [-0.05, 0) is 6.07 Å². The van der Waals surface area contributed by atoms with Crippen LogP contribution in [-0.2, 0) is 6.00 Å². The molecule has 0 fully saturated rings. The molecular formula is C8H6ClN3O. The molecule has 0 amide bonds. The number of alkyl halides is 1. The highest BCUT2D eigenvalue weighted by molar-refractivity contribution is 6.15. The summed E-state index contributed by atoms with van der Waals surface area (Å²) in [6, 6.07) is 1.89. The topological polar surface area (TPSA) is 47.8 Å². The van der Waals surface area contributed by atoms with Crippen LogP contribution >= 0.6 is 11.6 Å². The fourth-order valence-corrected chi connectivity index (χ4v) is 1.34. The molecule has 0 spiro atoms. The lowest BCUT2D eigenvalue weighted by Gasteiger charge is -2.03. The third-order valence-corrected chi connectivity index (χ3v) is 2.04. The third-order valence-electron chi connectivity index (χ3n) is 1.78. The van der Waals surface area contributed by atoms with Gasteiger partial charge in [0.05, 0.1) is 23.1 Å². The number of nitrogens with zero attached hydrogens (tertiary/aromatic N) is 3. The first-order valence-electron chi connectivity index (χ1n) is 3.68. The normalized spacial score (nSPS) is 10.5. The van der Waals surface area contributed by atoms with Crippen LogP contribution in [0.2, 0.25) is 0 Å². The molecule has 0 saturated heterocycles. The summed E-state index contributed by atoms with van der Waals surface area (Å²) in [5, 5.41) is 0.540. The van der Waals surface area contributed by atoms with E-state index in [9.17, 15) is 4.79 Å². The monoisotopic (exact) mass is 195 g/mol. The molecule has 0 aliphatic heterocycles. The first-order chi connectivity index (χ1) is 6.33. The van der Waals surface area contributed by atoms with Crippen molar-refractivity contribution in [1.29, 1.82) is 0 Å². The number of rotatable bonds is 1. The van der Waals surface area contributed by atoms with Crippen molar-refractivity contribution in [3.05, 3.63) is 35.1 Å². The molecule has 5 heteroatoms. The summed E-state index contributed by atoms with van der Waals surface area (Å²) in [6.07, 6.45) is 4.57. The molecule has 2 heterocycles. The van der Waals surface area contributed by atoms with Crippen LogP contribution in [0.1, 0.15) is 0 Å². The van der Waals surface area contributed by atoms with E-state index >= 15 is 0 Å². The number of halogens is 1. The summed E-state index contributed by atoms with van der Waals surface area (Å²) >= 11 is 5.65. The van der Waals surface area contributed by atoms with Crippen molar-refractivity contribution < 1.29 is 0 Å². The highest BCUT2D eigenvalue weighted by Crippen LogP contribution is 2.06. The van der Waals surface area contributed by atoms with Gasteiger partial charge in [-0.1, -0.05) is 0 Å². The molecule has 0 aromatic carbocycles. The Morgan fingerprint density at radius 2 is 2.38 bits per heavy atom. The highest BCUT2D eigenvalue weighted by Gasteiger charge is 2.01. The van der Waals surface area contributed by atoms with E-state index in [1.54, 1.807) is 23.0 Å². The molecule has 2 rings (SSSR count). The van der Waals surface area contributed by atoms with Gasteiger partial charge in [-0.2, -0.15) is 4.98 Å². The molecule has 0 bridgehead atoms. The SMILES string of the molecule is O=c1ncn(CCl)c2cnccc12. The van der Waals surface area contributed by atoms with Gasteiger partial charge in [0, 0.05) is 6.20 Å².